The second-order valence-corrected chi connectivity index (χ2v) is 4.25. The van der Waals surface area contributed by atoms with Crippen molar-refractivity contribution in [3.8, 4) is 5.75 Å². The molecule has 0 aromatic heterocycles. The molecular weight excluding hydrogens is 209 g/mol. The molecule has 3 nitrogen and oxygen atoms in total. The fourth-order valence-electron chi connectivity index (χ4n) is 1.70. The Balaban J connectivity index is 3.41. The number of ether oxygens (including phenoxy) is 1. The molecule has 1 atom stereocenters. The number of aliphatic hydroxyl groups is 1. The number of hydrogen-bond donors (Lipinski definition) is 2. The normalized spacial score (nSPS) is 14.6. The van der Waals surface area contributed by atoms with Crippen LogP contribution in [-0.2, 0) is 5.41 Å². The second-order valence-electron chi connectivity index (χ2n) is 4.25. The molecule has 16 heavy (non-hydrogen) atoms. The van der Waals surface area contributed by atoms with E-state index in [0.717, 1.165) is 5.56 Å². The summed E-state index contributed by atoms with van der Waals surface area (Å²) in [4.78, 5) is 0. The monoisotopic (exact) mass is 227 g/mol. The summed E-state index contributed by atoms with van der Waals surface area (Å²) < 4.78 is 19.1. The lowest BCUT2D eigenvalue weighted by Gasteiger charge is -2.28. The number of halogens is 1. The molecule has 1 aromatic carbocycles. The van der Waals surface area contributed by atoms with E-state index in [2.05, 4.69) is 0 Å². The van der Waals surface area contributed by atoms with E-state index in [9.17, 15) is 9.50 Å². The van der Waals surface area contributed by atoms with E-state index >= 15 is 0 Å². The zero-order valence-electron chi connectivity index (χ0n) is 9.88. The Bertz CT molecular complexity index is 376. The van der Waals surface area contributed by atoms with E-state index in [0.29, 0.717) is 11.3 Å². The first-order valence-electron chi connectivity index (χ1n) is 5.14. The molecule has 0 saturated heterocycles. The van der Waals surface area contributed by atoms with Gasteiger partial charge >= 0.3 is 0 Å². The minimum absolute atomic E-state index is 0.153. The van der Waals surface area contributed by atoms with Gasteiger partial charge in [0.1, 0.15) is 11.6 Å². The van der Waals surface area contributed by atoms with Gasteiger partial charge in [0.25, 0.3) is 0 Å². The van der Waals surface area contributed by atoms with Crippen LogP contribution in [0.2, 0.25) is 0 Å². The van der Waals surface area contributed by atoms with Crippen molar-refractivity contribution in [3.05, 3.63) is 29.1 Å². The Morgan fingerprint density at radius 2 is 2.12 bits per heavy atom. The van der Waals surface area contributed by atoms with Crippen molar-refractivity contribution in [1.82, 2.24) is 0 Å². The largest absolute Gasteiger partial charge is 0.496 e. The van der Waals surface area contributed by atoms with Gasteiger partial charge in [0.2, 0.25) is 0 Å². The first-order chi connectivity index (χ1) is 7.48. The second kappa shape index (κ2) is 4.80. The van der Waals surface area contributed by atoms with Crippen molar-refractivity contribution in [2.24, 2.45) is 5.73 Å². The summed E-state index contributed by atoms with van der Waals surface area (Å²) in [5, 5.41) is 9.35. The Morgan fingerprint density at radius 3 is 2.56 bits per heavy atom. The van der Waals surface area contributed by atoms with E-state index in [1.807, 2.05) is 0 Å². The summed E-state index contributed by atoms with van der Waals surface area (Å²) in [6, 6.07) is 3.16. The molecular formula is C12H18FNO2. The smallest absolute Gasteiger partial charge is 0.131 e. The number of nitrogens with two attached hydrogens (primary N) is 1. The van der Waals surface area contributed by atoms with Crippen molar-refractivity contribution >= 4 is 0 Å². The van der Waals surface area contributed by atoms with Crippen LogP contribution in [-0.4, -0.2) is 25.4 Å². The molecule has 1 rings (SSSR count). The van der Waals surface area contributed by atoms with E-state index in [1.165, 1.54) is 13.2 Å². The molecule has 1 aromatic rings. The maximum Gasteiger partial charge on any atom is 0.131 e. The summed E-state index contributed by atoms with van der Waals surface area (Å²) in [5.74, 6) is 0.0401. The van der Waals surface area contributed by atoms with Crippen molar-refractivity contribution in [2.75, 3.05) is 20.3 Å². The lowest BCUT2D eigenvalue weighted by Crippen LogP contribution is -2.37. The van der Waals surface area contributed by atoms with E-state index in [4.69, 9.17) is 10.5 Å². The van der Waals surface area contributed by atoms with Crippen LogP contribution in [0.3, 0.4) is 0 Å². The van der Waals surface area contributed by atoms with Crippen LogP contribution in [0.25, 0.3) is 0 Å². The molecule has 0 fully saturated rings. The summed E-state index contributed by atoms with van der Waals surface area (Å²) in [5.41, 5.74) is 5.89. The zero-order valence-corrected chi connectivity index (χ0v) is 9.88. The number of aliphatic hydroxyl groups excluding tert-OH is 1. The molecule has 90 valence electrons. The first-order valence-corrected chi connectivity index (χ1v) is 5.14. The maximum atomic E-state index is 13.9. The fraction of sp³-hybridized carbons (Fsp3) is 0.500. The number of methoxy groups -OCH3 is 1. The van der Waals surface area contributed by atoms with E-state index in [1.54, 1.807) is 19.9 Å². The highest BCUT2D eigenvalue weighted by Crippen LogP contribution is 2.34. The van der Waals surface area contributed by atoms with Crippen molar-refractivity contribution < 1.29 is 14.2 Å². The van der Waals surface area contributed by atoms with Gasteiger partial charge in [-0.3, -0.25) is 0 Å². The highest BCUT2D eigenvalue weighted by atomic mass is 19.1. The van der Waals surface area contributed by atoms with Gasteiger partial charge in [0.05, 0.1) is 13.7 Å². The molecule has 0 spiro atoms. The third kappa shape index (κ3) is 2.18. The molecule has 0 amide bonds. The van der Waals surface area contributed by atoms with E-state index in [-0.39, 0.29) is 19.0 Å². The maximum absolute atomic E-state index is 13.9. The molecule has 0 aliphatic rings. The summed E-state index contributed by atoms with van der Waals surface area (Å²) in [7, 11) is 1.48. The molecule has 0 radical (unpaired) electrons. The van der Waals surface area contributed by atoms with Crippen LogP contribution >= 0.6 is 0 Å². The molecule has 0 saturated carbocycles. The zero-order chi connectivity index (χ0) is 12.3. The third-order valence-corrected chi connectivity index (χ3v) is 2.82. The fourth-order valence-corrected chi connectivity index (χ4v) is 1.70. The Kier molecular flexibility index (Phi) is 3.88. The quantitative estimate of drug-likeness (QED) is 0.816. The van der Waals surface area contributed by atoms with Crippen LogP contribution in [0.15, 0.2) is 12.1 Å². The Hall–Kier alpha value is -1.13. The van der Waals surface area contributed by atoms with Crippen molar-refractivity contribution in [1.29, 1.82) is 0 Å². The number of benzene rings is 1. The molecule has 0 bridgehead atoms. The van der Waals surface area contributed by atoms with Gasteiger partial charge in [-0.1, -0.05) is 6.92 Å². The molecule has 0 heterocycles. The van der Waals surface area contributed by atoms with Crippen LogP contribution in [0, 0.1) is 12.7 Å². The standard InChI is InChI=1S/C12H18FNO2/c1-8-4-9(13)11(10(5-8)16-3)12(2,6-14)7-15/h4-5,15H,6-7,14H2,1-3H3. The summed E-state index contributed by atoms with van der Waals surface area (Å²) >= 11 is 0. The van der Waals surface area contributed by atoms with Gasteiger partial charge in [-0.15, -0.1) is 0 Å². The number of rotatable bonds is 4. The Morgan fingerprint density at radius 1 is 1.50 bits per heavy atom. The third-order valence-electron chi connectivity index (χ3n) is 2.82. The average Bonchev–Trinajstić information content (AvgIpc) is 2.27. The van der Waals surface area contributed by atoms with Gasteiger partial charge in [0.15, 0.2) is 0 Å². The average molecular weight is 227 g/mol. The van der Waals surface area contributed by atoms with Crippen LogP contribution in [0.5, 0.6) is 5.75 Å². The predicted molar refractivity (Wildman–Crippen MR) is 61.2 cm³/mol. The predicted octanol–water partition coefficient (Wildman–Crippen LogP) is 1.35. The number of hydrogen-bond acceptors (Lipinski definition) is 3. The molecule has 0 aliphatic carbocycles. The van der Waals surface area contributed by atoms with Crippen molar-refractivity contribution in [2.45, 2.75) is 19.3 Å². The molecule has 0 aliphatic heterocycles. The lowest BCUT2D eigenvalue weighted by molar-refractivity contribution is 0.202. The van der Waals surface area contributed by atoms with Crippen LogP contribution < -0.4 is 10.5 Å². The number of aryl methyl sites for hydroxylation is 1. The lowest BCUT2D eigenvalue weighted by atomic mass is 9.82. The van der Waals surface area contributed by atoms with Gasteiger partial charge < -0.3 is 15.6 Å². The molecule has 3 N–H and O–H groups in total. The minimum Gasteiger partial charge on any atom is -0.496 e. The minimum atomic E-state index is -0.816. The Labute approximate surface area is 95.0 Å². The van der Waals surface area contributed by atoms with Gasteiger partial charge in [-0.2, -0.15) is 0 Å². The summed E-state index contributed by atoms with van der Waals surface area (Å²) in [6.45, 7) is 3.43. The SMILES string of the molecule is COc1cc(C)cc(F)c1C(C)(CN)CO. The van der Waals surface area contributed by atoms with Gasteiger partial charge in [0, 0.05) is 17.5 Å². The molecule has 4 heteroatoms. The van der Waals surface area contributed by atoms with Crippen molar-refractivity contribution in [3.63, 3.8) is 0 Å². The van der Waals surface area contributed by atoms with E-state index < -0.39 is 5.41 Å². The first kappa shape index (κ1) is 12.9. The summed E-state index contributed by atoms with van der Waals surface area (Å²) in [6.07, 6.45) is 0. The van der Waals surface area contributed by atoms with Crippen LogP contribution in [0.4, 0.5) is 4.39 Å². The topological polar surface area (TPSA) is 55.5 Å². The van der Waals surface area contributed by atoms with Gasteiger partial charge in [-0.05, 0) is 24.6 Å². The highest BCUT2D eigenvalue weighted by Gasteiger charge is 2.31. The van der Waals surface area contributed by atoms with Crippen LogP contribution in [0.1, 0.15) is 18.1 Å². The molecule has 1 unspecified atom stereocenters. The van der Waals surface area contributed by atoms with Gasteiger partial charge in [-0.25, -0.2) is 4.39 Å². The highest BCUT2D eigenvalue weighted by molar-refractivity contribution is 5.43.